The van der Waals surface area contributed by atoms with Crippen LogP contribution in [0.2, 0.25) is 0 Å². The van der Waals surface area contributed by atoms with Crippen LogP contribution in [0.3, 0.4) is 0 Å². The van der Waals surface area contributed by atoms with Crippen molar-refractivity contribution in [3.8, 4) is 11.5 Å². The molecule has 1 aliphatic rings. The summed E-state index contributed by atoms with van der Waals surface area (Å²) in [7, 11) is 1.76. The van der Waals surface area contributed by atoms with E-state index in [1.807, 2.05) is 31.2 Å². The molecule has 3 heteroatoms. The molecular weight excluding hydrogens is 178 g/mol. The highest BCUT2D eigenvalue weighted by Crippen LogP contribution is 2.30. The van der Waals surface area contributed by atoms with E-state index in [9.17, 15) is 0 Å². The molecule has 3 nitrogen and oxygen atoms in total. The Morgan fingerprint density at radius 2 is 2.07 bits per heavy atom. The topological polar surface area (TPSA) is 30.8 Å². The van der Waals surface area contributed by atoms with E-state index in [0.29, 0.717) is 6.61 Å². The number of hydrogen-bond acceptors (Lipinski definition) is 3. The third kappa shape index (κ3) is 1.58. The van der Waals surface area contributed by atoms with Crippen LogP contribution >= 0.6 is 0 Å². The van der Waals surface area contributed by atoms with Gasteiger partial charge < -0.3 is 9.47 Å². The van der Waals surface area contributed by atoms with Crippen molar-refractivity contribution in [2.24, 2.45) is 4.99 Å². The van der Waals surface area contributed by atoms with Crippen molar-refractivity contribution in [3.63, 3.8) is 0 Å². The standard InChI is InChI=1S/C11H13NO2/c1-8(12-2)11-7-13-9-5-3-4-6-10(9)14-11/h3-6,11H,7H2,1-2H3. The third-order valence-corrected chi connectivity index (χ3v) is 2.33. The summed E-state index contributed by atoms with van der Waals surface area (Å²) in [5.41, 5.74) is 0.958. The van der Waals surface area contributed by atoms with E-state index in [1.165, 1.54) is 0 Å². The van der Waals surface area contributed by atoms with Gasteiger partial charge in [-0.05, 0) is 19.1 Å². The number of rotatable bonds is 1. The summed E-state index contributed by atoms with van der Waals surface area (Å²) in [6, 6.07) is 7.68. The number of hydrogen-bond donors (Lipinski definition) is 0. The van der Waals surface area contributed by atoms with E-state index in [-0.39, 0.29) is 6.10 Å². The highest BCUT2D eigenvalue weighted by atomic mass is 16.6. The minimum atomic E-state index is -0.0464. The van der Waals surface area contributed by atoms with Gasteiger partial charge in [-0.25, -0.2) is 0 Å². The maximum Gasteiger partial charge on any atom is 0.170 e. The summed E-state index contributed by atoms with van der Waals surface area (Å²) in [5.74, 6) is 1.61. The Kier molecular flexibility index (Phi) is 2.39. The van der Waals surface area contributed by atoms with Crippen LogP contribution in [0, 0.1) is 0 Å². The van der Waals surface area contributed by atoms with Crippen molar-refractivity contribution in [2.45, 2.75) is 13.0 Å². The molecule has 0 aromatic heterocycles. The summed E-state index contributed by atoms with van der Waals surface area (Å²) in [6.45, 7) is 2.49. The molecule has 1 heterocycles. The van der Waals surface area contributed by atoms with Gasteiger partial charge in [0.05, 0.1) is 5.71 Å². The lowest BCUT2D eigenvalue weighted by atomic mass is 10.2. The Bertz CT molecular complexity index is 360. The largest absolute Gasteiger partial charge is 0.485 e. The van der Waals surface area contributed by atoms with Gasteiger partial charge in [-0.2, -0.15) is 0 Å². The molecule has 0 saturated heterocycles. The van der Waals surface area contributed by atoms with E-state index in [1.54, 1.807) is 7.05 Å². The van der Waals surface area contributed by atoms with Gasteiger partial charge in [0.2, 0.25) is 0 Å². The molecule has 0 spiro atoms. The summed E-state index contributed by atoms with van der Waals surface area (Å²) >= 11 is 0. The number of para-hydroxylation sites is 2. The van der Waals surface area contributed by atoms with Crippen LogP contribution in [0.15, 0.2) is 29.3 Å². The molecule has 2 rings (SSSR count). The van der Waals surface area contributed by atoms with Gasteiger partial charge >= 0.3 is 0 Å². The highest BCUT2D eigenvalue weighted by molar-refractivity contribution is 5.87. The molecule has 1 aromatic rings. The molecule has 0 amide bonds. The first kappa shape index (κ1) is 9.06. The Hall–Kier alpha value is -1.51. The monoisotopic (exact) mass is 191 g/mol. The molecule has 1 atom stereocenters. The average molecular weight is 191 g/mol. The lowest BCUT2D eigenvalue weighted by Gasteiger charge is -2.26. The fourth-order valence-electron chi connectivity index (χ4n) is 1.37. The SMILES string of the molecule is CN=C(C)C1COc2ccccc2O1. The summed E-state index contributed by atoms with van der Waals surface area (Å²) in [5, 5.41) is 0. The van der Waals surface area contributed by atoms with Crippen molar-refractivity contribution in [1.29, 1.82) is 0 Å². The van der Waals surface area contributed by atoms with E-state index in [0.717, 1.165) is 17.2 Å². The lowest BCUT2D eigenvalue weighted by Crippen LogP contribution is -2.35. The lowest BCUT2D eigenvalue weighted by molar-refractivity contribution is 0.134. The molecule has 1 unspecified atom stereocenters. The van der Waals surface area contributed by atoms with Crippen molar-refractivity contribution >= 4 is 5.71 Å². The number of benzene rings is 1. The maximum atomic E-state index is 5.73. The zero-order chi connectivity index (χ0) is 9.97. The molecule has 14 heavy (non-hydrogen) atoms. The van der Waals surface area contributed by atoms with E-state index in [2.05, 4.69) is 4.99 Å². The van der Waals surface area contributed by atoms with Crippen LogP contribution in [-0.2, 0) is 0 Å². The van der Waals surface area contributed by atoms with Gasteiger partial charge in [-0.15, -0.1) is 0 Å². The number of aliphatic imine (C=N–C) groups is 1. The summed E-state index contributed by atoms with van der Waals surface area (Å²) in [4.78, 5) is 4.10. The molecule has 74 valence electrons. The normalized spacial score (nSPS) is 20.7. The fraction of sp³-hybridized carbons (Fsp3) is 0.364. The third-order valence-electron chi connectivity index (χ3n) is 2.33. The molecule has 0 saturated carbocycles. The van der Waals surface area contributed by atoms with Crippen LogP contribution in [-0.4, -0.2) is 25.5 Å². The maximum absolute atomic E-state index is 5.73. The van der Waals surface area contributed by atoms with E-state index < -0.39 is 0 Å². The number of ether oxygens (including phenoxy) is 2. The van der Waals surface area contributed by atoms with Gasteiger partial charge in [0.25, 0.3) is 0 Å². The zero-order valence-corrected chi connectivity index (χ0v) is 8.36. The first-order chi connectivity index (χ1) is 6.81. The summed E-state index contributed by atoms with van der Waals surface area (Å²) < 4.78 is 11.3. The van der Waals surface area contributed by atoms with Gasteiger partial charge in [-0.3, -0.25) is 4.99 Å². The van der Waals surface area contributed by atoms with Crippen LogP contribution in [0.25, 0.3) is 0 Å². The Morgan fingerprint density at radius 3 is 2.79 bits per heavy atom. The van der Waals surface area contributed by atoms with Crippen LogP contribution in [0.4, 0.5) is 0 Å². The Morgan fingerprint density at radius 1 is 1.36 bits per heavy atom. The second-order valence-electron chi connectivity index (χ2n) is 3.23. The van der Waals surface area contributed by atoms with Crippen LogP contribution < -0.4 is 9.47 Å². The van der Waals surface area contributed by atoms with Gasteiger partial charge in [-0.1, -0.05) is 12.1 Å². The molecular formula is C11H13NO2. The number of nitrogens with zero attached hydrogens (tertiary/aromatic N) is 1. The predicted molar refractivity (Wildman–Crippen MR) is 55.4 cm³/mol. The fourth-order valence-corrected chi connectivity index (χ4v) is 1.37. The van der Waals surface area contributed by atoms with E-state index >= 15 is 0 Å². The predicted octanol–water partition coefficient (Wildman–Crippen LogP) is 1.92. The van der Waals surface area contributed by atoms with Crippen molar-refractivity contribution < 1.29 is 9.47 Å². The Labute approximate surface area is 83.4 Å². The molecule has 0 fully saturated rings. The molecule has 1 aliphatic heterocycles. The average Bonchev–Trinajstić information content (AvgIpc) is 2.27. The number of fused-ring (bicyclic) bond motifs is 1. The van der Waals surface area contributed by atoms with Crippen molar-refractivity contribution in [1.82, 2.24) is 0 Å². The van der Waals surface area contributed by atoms with Crippen molar-refractivity contribution in [3.05, 3.63) is 24.3 Å². The molecule has 0 N–H and O–H groups in total. The quantitative estimate of drug-likeness (QED) is 0.635. The first-order valence-corrected chi connectivity index (χ1v) is 4.63. The highest BCUT2D eigenvalue weighted by Gasteiger charge is 2.22. The smallest absolute Gasteiger partial charge is 0.170 e. The summed E-state index contributed by atoms with van der Waals surface area (Å²) in [6.07, 6.45) is -0.0464. The molecule has 1 aromatic carbocycles. The van der Waals surface area contributed by atoms with Gasteiger partial charge in [0.1, 0.15) is 6.61 Å². The second-order valence-corrected chi connectivity index (χ2v) is 3.23. The minimum absolute atomic E-state index is 0.0464. The van der Waals surface area contributed by atoms with Crippen LogP contribution in [0.1, 0.15) is 6.92 Å². The Balaban J connectivity index is 2.21. The van der Waals surface area contributed by atoms with Crippen LogP contribution in [0.5, 0.6) is 11.5 Å². The second kappa shape index (κ2) is 3.70. The zero-order valence-electron chi connectivity index (χ0n) is 8.36. The first-order valence-electron chi connectivity index (χ1n) is 4.63. The van der Waals surface area contributed by atoms with Gasteiger partial charge in [0.15, 0.2) is 17.6 Å². The molecule has 0 aliphatic carbocycles. The molecule has 0 radical (unpaired) electrons. The van der Waals surface area contributed by atoms with Gasteiger partial charge in [0, 0.05) is 7.05 Å². The van der Waals surface area contributed by atoms with E-state index in [4.69, 9.17) is 9.47 Å². The minimum Gasteiger partial charge on any atom is -0.485 e. The molecule has 0 bridgehead atoms. The van der Waals surface area contributed by atoms with Crippen molar-refractivity contribution in [2.75, 3.05) is 13.7 Å².